The Hall–Kier alpha value is -1.16. The van der Waals surface area contributed by atoms with Crippen molar-refractivity contribution >= 4 is 23.4 Å². The van der Waals surface area contributed by atoms with Gasteiger partial charge >= 0.3 is 0 Å². The van der Waals surface area contributed by atoms with Gasteiger partial charge in [0, 0.05) is 22.5 Å². The molecule has 0 spiro atoms. The molecule has 1 atom stereocenters. The Balaban J connectivity index is 1.99. The monoisotopic (exact) mass is 264 g/mol. The molecule has 1 unspecified atom stereocenters. The SMILES string of the molecule is Cc1cc(N)cc(C(=O)NCC2(C)CCCS2)c1. The highest BCUT2D eigenvalue weighted by Crippen LogP contribution is 2.36. The number of amides is 1. The van der Waals surface area contributed by atoms with E-state index in [1.54, 1.807) is 6.07 Å². The molecule has 1 heterocycles. The fourth-order valence-corrected chi connectivity index (χ4v) is 3.53. The molecule has 1 amide bonds. The molecule has 1 aliphatic heterocycles. The van der Waals surface area contributed by atoms with Gasteiger partial charge in [0.2, 0.25) is 0 Å². The number of hydrogen-bond donors (Lipinski definition) is 2. The maximum absolute atomic E-state index is 12.1. The van der Waals surface area contributed by atoms with Gasteiger partial charge in [-0.1, -0.05) is 0 Å². The molecule has 1 fully saturated rings. The van der Waals surface area contributed by atoms with Gasteiger partial charge in [-0.25, -0.2) is 0 Å². The third kappa shape index (κ3) is 3.19. The summed E-state index contributed by atoms with van der Waals surface area (Å²) in [5.74, 6) is 1.17. The molecule has 3 nitrogen and oxygen atoms in total. The summed E-state index contributed by atoms with van der Waals surface area (Å²) in [7, 11) is 0. The van der Waals surface area contributed by atoms with Crippen LogP contribution in [0, 0.1) is 6.92 Å². The zero-order valence-corrected chi connectivity index (χ0v) is 11.8. The number of benzene rings is 1. The van der Waals surface area contributed by atoms with Crippen molar-refractivity contribution in [1.29, 1.82) is 0 Å². The number of thioether (sulfide) groups is 1. The second-order valence-corrected chi connectivity index (χ2v) is 6.90. The number of carbonyl (C=O) groups excluding carboxylic acids is 1. The van der Waals surface area contributed by atoms with E-state index in [2.05, 4.69) is 12.2 Å². The second-order valence-electron chi connectivity index (χ2n) is 5.22. The molecule has 1 saturated heterocycles. The Morgan fingerprint density at radius 2 is 2.28 bits per heavy atom. The van der Waals surface area contributed by atoms with E-state index >= 15 is 0 Å². The summed E-state index contributed by atoms with van der Waals surface area (Å²) >= 11 is 1.95. The van der Waals surface area contributed by atoms with Gasteiger partial charge in [0.1, 0.15) is 0 Å². The molecule has 1 aromatic carbocycles. The summed E-state index contributed by atoms with van der Waals surface area (Å²) in [4.78, 5) is 12.1. The lowest BCUT2D eigenvalue weighted by Crippen LogP contribution is -2.36. The number of rotatable bonds is 3. The lowest BCUT2D eigenvalue weighted by Gasteiger charge is -2.22. The largest absolute Gasteiger partial charge is 0.399 e. The van der Waals surface area contributed by atoms with Gasteiger partial charge in [0.25, 0.3) is 5.91 Å². The van der Waals surface area contributed by atoms with E-state index in [0.29, 0.717) is 11.3 Å². The van der Waals surface area contributed by atoms with E-state index in [0.717, 1.165) is 12.1 Å². The predicted molar refractivity (Wildman–Crippen MR) is 78.0 cm³/mol. The third-order valence-electron chi connectivity index (χ3n) is 3.29. The molecular weight excluding hydrogens is 244 g/mol. The molecule has 0 radical (unpaired) electrons. The normalized spacial score (nSPS) is 23.0. The molecule has 18 heavy (non-hydrogen) atoms. The quantitative estimate of drug-likeness (QED) is 0.825. The fourth-order valence-electron chi connectivity index (χ4n) is 2.29. The van der Waals surface area contributed by atoms with Gasteiger partial charge in [0.05, 0.1) is 0 Å². The topological polar surface area (TPSA) is 55.1 Å². The van der Waals surface area contributed by atoms with Crippen LogP contribution in [0.15, 0.2) is 18.2 Å². The number of nitrogens with one attached hydrogen (secondary N) is 1. The maximum Gasteiger partial charge on any atom is 0.251 e. The smallest absolute Gasteiger partial charge is 0.251 e. The summed E-state index contributed by atoms with van der Waals surface area (Å²) in [6, 6.07) is 5.47. The van der Waals surface area contributed by atoms with Gasteiger partial charge in [-0.15, -0.1) is 0 Å². The Bertz CT molecular complexity index is 433. The minimum absolute atomic E-state index is 0.0286. The van der Waals surface area contributed by atoms with Crippen molar-refractivity contribution in [3.8, 4) is 0 Å². The van der Waals surface area contributed by atoms with Crippen LogP contribution in [0.2, 0.25) is 0 Å². The van der Waals surface area contributed by atoms with Crippen molar-refractivity contribution < 1.29 is 4.79 Å². The van der Waals surface area contributed by atoms with Crippen LogP contribution in [0.25, 0.3) is 0 Å². The standard InChI is InChI=1S/C14H20N2OS/c1-10-6-11(8-12(15)7-10)13(17)16-9-14(2)4-3-5-18-14/h6-8H,3-5,9,15H2,1-2H3,(H,16,17). The van der Waals surface area contributed by atoms with Crippen molar-refractivity contribution in [2.75, 3.05) is 18.0 Å². The highest BCUT2D eigenvalue weighted by atomic mass is 32.2. The first kappa shape index (κ1) is 13.3. The molecule has 1 aromatic rings. The second kappa shape index (κ2) is 5.22. The zero-order valence-electron chi connectivity index (χ0n) is 11.0. The number of nitrogen functional groups attached to an aromatic ring is 1. The number of nitrogens with two attached hydrogens (primary N) is 1. The third-order valence-corrected chi connectivity index (χ3v) is 4.82. The first-order valence-electron chi connectivity index (χ1n) is 6.28. The first-order valence-corrected chi connectivity index (χ1v) is 7.26. The summed E-state index contributed by atoms with van der Waals surface area (Å²) in [6.45, 7) is 4.89. The van der Waals surface area contributed by atoms with E-state index in [1.165, 1.54) is 18.6 Å². The Morgan fingerprint density at radius 3 is 2.89 bits per heavy atom. The van der Waals surface area contributed by atoms with Crippen molar-refractivity contribution in [2.24, 2.45) is 0 Å². The Morgan fingerprint density at radius 1 is 1.50 bits per heavy atom. The van der Waals surface area contributed by atoms with Crippen molar-refractivity contribution in [3.63, 3.8) is 0 Å². The summed E-state index contributed by atoms with van der Waals surface area (Å²) in [6.07, 6.45) is 2.42. The fraction of sp³-hybridized carbons (Fsp3) is 0.500. The minimum Gasteiger partial charge on any atom is -0.399 e. The van der Waals surface area contributed by atoms with E-state index in [4.69, 9.17) is 5.73 Å². The molecule has 0 aromatic heterocycles. The molecular formula is C14H20N2OS. The average molecular weight is 264 g/mol. The van der Waals surface area contributed by atoms with E-state index in [1.807, 2.05) is 30.8 Å². The van der Waals surface area contributed by atoms with Crippen LogP contribution in [0.3, 0.4) is 0 Å². The van der Waals surface area contributed by atoms with Crippen molar-refractivity contribution in [2.45, 2.75) is 31.4 Å². The summed E-state index contributed by atoms with van der Waals surface area (Å²) in [5, 5.41) is 3.02. The Kier molecular flexibility index (Phi) is 3.85. The van der Waals surface area contributed by atoms with Gasteiger partial charge in [-0.2, -0.15) is 11.8 Å². The Labute approximate surface area is 113 Å². The van der Waals surface area contributed by atoms with Gasteiger partial charge < -0.3 is 11.1 Å². The van der Waals surface area contributed by atoms with Gasteiger partial charge in [0.15, 0.2) is 0 Å². The molecule has 0 bridgehead atoms. The van der Waals surface area contributed by atoms with Crippen LogP contribution in [0.4, 0.5) is 5.69 Å². The number of carbonyl (C=O) groups is 1. The maximum atomic E-state index is 12.1. The van der Waals surface area contributed by atoms with Crippen LogP contribution in [0.5, 0.6) is 0 Å². The molecule has 1 aliphatic rings. The highest BCUT2D eigenvalue weighted by Gasteiger charge is 2.29. The van der Waals surface area contributed by atoms with Crippen LogP contribution in [-0.4, -0.2) is 23.0 Å². The van der Waals surface area contributed by atoms with E-state index in [-0.39, 0.29) is 10.7 Å². The number of aryl methyl sites for hydroxylation is 1. The first-order chi connectivity index (χ1) is 8.48. The minimum atomic E-state index is -0.0286. The van der Waals surface area contributed by atoms with Crippen molar-refractivity contribution in [1.82, 2.24) is 5.32 Å². The van der Waals surface area contributed by atoms with E-state index in [9.17, 15) is 4.79 Å². The van der Waals surface area contributed by atoms with Crippen LogP contribution in [-0.2, 0) is 0 Å². The van der Waals surface area contributed by atoms with Gasteiger partial charge in [-0.3, -0.25) is 4.79 Å². The zero-order chi connectivity index (χ0) is 13.2. The summed E-state index contributed by atoms with van der Waals surface area (Å²) < 4.78 is 0.199. The van der Waals surface area contributed by atoms with Crippen LogP contribution in [0.1, 0.15) is 35.7 Å². The lowest BCUT2D eigenvalue weighted by molar-refractivity contribution is 0.0950. The number of hydrogen-bond acceptors (Lipinski definition) is 3. The van der Waals surface area contributed by atoms with Crippen LogP contribution < -0.4 is 11.1 Å². The molecule has 98 valence electrons. The summed E-state index contributed by atoms with van der Waals surface area (Å²) in [5.41, 5.74) is 8.07. The molecule has 2 rings (SSSR count). The lowest BCUT2D eigenvalue weighted by atomic mass is 10.1. The molecule has 4 heteroatoms. The van der Waals surface area contributed by atoms with Gasteiger partial charge in [-0.05, 0) is 56.2 Å². The number of anilines is 1. The molecule has 0 saturated carbocycles. The van der Waals surface area contributed by atoms with Crippen molar-refractivity contribution in [3.05, 3.63) is 29.3 Å². The predicted octanol–water partition coefficient (Wildman–Crippen LogP) is 2.59. The average Bonchev–Trinajstić information content (AvgIpc) is 2.72. The van der Waals surface area contributed by atoms with E-state index < -0.39 is 0 Å². The van der Waals surface area contributed by atoms with Crippen LogP contribution >= 0.6 is 11.8 Å². The molecule has 3 N–H and O–H groups in total. The highest BCUT2D eigenvalue weighted by molar-refractivity contribution is 8.00. The molecule has 0 aliphatic carbocycles.